The number of carbonyl (C=O) groups excluding carboxylic acids is 1. The Kier molecular flexibility index (Phi) is 2.49. The highest BCUT2D eigenvalue weighted by Crippen LogP contribution is 2.26. The normalized spacial score (nSPS) is 37.2. The number of hydrogen-bond donors (Lipinski definition) is 0. The maximum atomic E-state index is 11.1. The predicted molar refractivity (Wildman–Crippen MR) is 40.1 cm³/mol. The molecule has 3 nitrogen and oxygen atoms in total. The van der Waals surface area contributed by atoms with Crippen molar-refractivity contribution in [3.8, 4) is 0 Å². The molecule has 1 aliphatic rings. The third-order valence-corrected chi connectivity index (χ3v) is 2.10. The second kappa shape index (κ2) is 3.22. The van der Waals surface area contributed by atoms with Crippen LogP contribution in [0.3, 0.4) is 0 Å². The number of methoxy groups -OCH3 is 1. The Hall–Kier alpha value is -0.570. The Morgan fingerprint density at radius 1 is 1.55 bits per heavy atom. The van der Waals surface area contributed by atoms with Gasteiger partial charge in [0.2, 0.25) is 0 Å². The summed E-state index contributed by atoms with van der Waals surface area (Å²) in [6.45, 7) is 3.88. The van der Waals surface area contributed by atoms with Crippen molar-refractivity contribution in [1.82, 2.24) is 0 Å². The van der Waals surface area contributed by atoms with Crippen LogP contribution in [0.5, 0.6) is 0 Å². The van der Waals surface area contributed by atoms with Gasteiger partial charge in [0.15, 0.2) is 0 Å². The van der Waals surface area contributed by atoms with Crippen molar-refractivity contribution in [3.63, 3.8) is 0 Å². The molecular weight excluding hydrogens is 144 g/mol. The summed E-state index contributed by atoms with van der Waals surface area (Å²) < 4.78 is 10.0. The summed E-state index contributed by atoms with van der Waals surface area (Å²) in [4.78, 5) is 11.1. The van der Waals surface area contributed by atoms with Crippen LogP contribution in [0.4, 0.5) is 0 Å². The zero-order chi connectivity index (χ0) is 8.43. The van der Waals surface area contributed by atoms with Gasteiger partial charge in [0.1, 0.15) is 0 Å². The largest absolute Gasteiger partial charge is 0.469 e. The van der Waals surface area contributed by atoms with Crippen LogP contribution in [0.1, 0.15) is 20.3 Å². The first-order valence-electron chi connectivity index (χ1n) is 3.88. The topological polar surface area (TPSA) is 35.5 Å². The second-order valence-corrected chi connectivity index (χ2v) is 3.02. The Morgan fingerprint density at radius 3 is 2.55 bits per heavy atom. The van der Waals surface area contributed by atoms with Crippen LogP contribution in [0.2, 0.25) is 0 Å². The molecule has 1 saturated heterocycles. The first kappa shape index (κ1) is 8.53. The molecule has 0 N–H and O–H groups in total. The van der Waals surface area contributed by atoms with Gasteiger partial charge in [0, 0.05) is 0 Å². The minimum atomic E-state index is -0.151. The van der Waals surface area contributed by atoms with Gasteiger partial charge < -0.3 is 9.47 Å². The number of esters is 1. The van der Waals surface area contributed by atoms with Crippen LogP contribution in [-0.2, 0) is 14.3 Å². The maximum Gasteiger partial charge on any atom is 0.311 e. The van der Waals surface area contributed by atoms with E-state index in [1.807, 2.05) is 13.8 Å². The molecule has 3 atom stereocenters. The highest BCUT2D eigenvalue weighted by Gasteiger charge is 2.35. The van der Waals surface area contributed by atoms with Crippen LogP contribution in [0.15, 0.2) is 0 Å². The van der Waals surface area contributed by atoms with Gasteiger partial charge >= 0.3 is 5.97 Å². The van der Waals surface area contributed by atoms with E-state index >= 15 is 0 Å². The van der Waals surface area contributed by atoms with E-state index in [0.29, 0.717) is 0 Å². The van der Waals surface area contributed by atoms with Gasteiger partial charge in [-0.05, 0) is 20.3 Å². The van der Waals surface area contributed by atoms with Gasteiger partial charge in [-0.15, -0.1) is 0 Å². The van der Waals surface area contributed by atoms with Crippen molar-refractivity contribution in [1.29, 1.82) is 0 Å². The molecule has 64 valence electrons. The SMILES string of the molecule is COC(=O)[C@@H]1C[C@@H](C)O[C@@H]1C. The molecule has 0 saturated carbocycles. The Balaban J connectivity index is 2.52. The lowest BCUT2D eigenvalue weighted by atomic mass is 10.0. The molecule has 11 heavy (non-hydrogen) atoms. The summed E-state index contributed by atoms with van der Waals surface area (Å²) in [5.41, 5.74) is 0. The van der Waals surface area contributed by atoms with E-state index in [0.717, 1.165) is 6.42 Å². The van der Waals surface area contributed by atoms with Crippen molar-refractivity contribution < 1.29 is 14.3 Å². The van der Waals surface area contributed by atoms with E-state index in [-0.39, 0.29) is 24.1 Å². The fourth-order valence-corrected chi connectivity index (χ4v) is 1.51. The van der Waals surface area contributed by atoms with Crippen LogP contribution >= 0.6 is 0 Å². The number of rotatable bonds is 1. The highest BCUT2D eigenvalue weighted by molar-refractivity contribution is 5.73. The van der Waals surface area contributed by atoms with Crippen LogP contribution < -0.4 is 0 Å². The molecule has 0 aromatic rings. The quantitative estimate of drug-likeness (QED) is 0.533. The van der Waals surface area contributed by atoms with E-state index in [9.17, 15) is 4.79 Å². The minimum Gasteiger partial charge on any atom is -0.469 e. The summed E-state index contributed by atoms with van der Waals surface area (Å²) in [6.07, 6.45) is 0.986. The zero-order valence-corrected chi connectivity index (χ0v) is 7.16. The summed E-state index contributed by atoms with van der Waals surface area (Å²) >= 11 is 0. The van der Waals surface area contributed by atoms with E-state index in [4.69, 9.17) is 4.74 Å². The fourth-order valence-electron chi connectivity index (χ4n) is 1.51. The lowest BCUT2D eigenvalue weighted by molar-refractivity contribution is -0.146. The molecule has 3 heteroatoms. The van der Waals surface area contributed by atoms with E-state index in [2.05, 4.69) is 4.74 Å². The molecule has 1 heterocycles. The third-order valence-electron chi connectivity index (χ3n) is 2.10. The third kappa shape index (κ3) is 1.71. The van der Waals surface area contributed by atoms with Crippen molar-refractivity contribution >= 4 is 5.97 Å². The zero-order valence-electron chi connectivity index (χ0n) is 7.16. The number of ether oxygens (including phenoxy) is 2. The molecule has 0 bridgehead atoms. The Morgan fingerprint density at radius 2 is 2.18 bits per heavy atom. The summed E-state index contributed by atoms with van der Waals surface area (Å²) in [6, 6.07) is 0. The smallest absolute Gasteiger partial charge is 0.311 e. The van der Waals surface area contributed by atoms with E-state index in [1.165, 1.54) is 7.11 Å². The number of hydrogen-bond acceptors (Lipinski definition) is 3. The lowest BCUT2D eigenvalue weighted by Crippen LogP contribution is -2.22. The molecule has 0 aliphatic carbocycles. The van der Waals surface area contributed by atoms with Gasteiger partial charge in [-0.2, -0.15) is 0 Å². The average molecular weight is 158 g/mol. The molecule has 1 fully saturated rings. The molecule has 0 amide bonds. The van der Waals surface area contributed by atoms with Crippen molar-refractivity contribution in [2.45, 2.75) is 32.5 Å². The molecule has 0 aromatic carbocycles. The molecular formula is C8H14O3. The highest BCUT2D eigenvalue weighted by atomic mass is 16.5. The monoisotopic (exact) mass is 158 g/mol. The summed E-state index contributed by atoms with van der Waals surface area (Å²) in [5.74, 6) is -0.211. The first-order valence-corrected chi connectivity index (χ1v) is 3.88. The minimum absolute atomic E-state index is 0.0115. The van der Waals surface area contributed by atoms with E-state index < -0.39 is 0 Å². The van der Waals surface area contributed by atoms with Gasteiger partial charge in [0.25, 0.3) is 0 Å². The second-order valence-electron chi connectivity index (χ2n) is 3.02. The maximum absolute atomic E-state index is 11.1. The fraction of sp³-hybridized carbons (Fsp3) is 0.875. The molecule has 0 radical (unpaired) electrons. The Labute approximate surface area is 66.7 Å². The van der Waals surface area contributed by atoms with Crippen molar-refractivity contribution in [2.24, 2.45) is 5.92 Å². The van der Waals surface area contributed by atoms with Crippen LogP contribution in [-0.4, -0.2) is 25.3 Å². The number of carbonyl (C=O) groups is 1. The van der Waals surface area contributed by atoms with Crippen molar-refractivity contribution in [3.05, 3.63) is 0 Å². The first-order chi connectivity index (χ1) is 5.15. The lowest BCUT2D eigenvalue weighted by Gasteiger charge is -2.09. The summed E-state index contributed by atoms with van der Waals surface area (Å²) in [7, 11) is 1.41. The van der Waals surface area contributed by atoms with Gasteiger partial charge in [-0.1, -0.05) is 0 Å². The molecule has 1 aliphatic heterocycles. The summed E-state index contributed by atoms with van der Waals surface area (Å²) in [5, 5.41) is 0. The van der Waals surface area contributed by atoms with Gasteiger partial charge in [-0.25, -0.2) is 0 Å². The van der Waals surface area contributed by atoms with E-state index in [1.54, 1.807) is 0 Å². The van der Waals surface area contributed by atoms with Crippen molar-refractivity contribution in [2.75, 3.05) is 7.11 Å². The van der Waals surface area contributed by atoms with Crippen LogP contribution in [0, 0.1) is 5.92 Å². The predicted octanol–water partition coefficient (Wildman–Crippen LogP) is 0.973. The van der Waals surface area contributed by atoms with Gasteiger partial charge in [0.05, 0.1) is 25.2 Å². The molecule has 0 aromatic heterocycles. The Bertz CT molecular complexity index is 155. The average Bonchev–Trinajstić information content (AvgIpc) is 2.28. The molecule has 1 rings (SSSR count). The van der Waals surface area contributed by atoms with Gasteiger partial charge in [-0.3, -0.25) is 4.79 Å². The van der Waals surface area contributed by atoms with Crippen LogP contribution in [0.25, 0.3) is 0 Å². The standard InChI is InChI=1S/C8H14O3/c1-5-4-7(6(2)11-5)8(9)10-3/h5-7H,4H2,1-3H3/t5-,6-,7-/m1/s1. The molecule has 0 unspecified atom stereocenters. The molecule has 0 spiro atoms.